The Morgan fingerprint density at radius 2 is 2.31 bits per heavy atom. The van der Waals surface area contributed by atoms with Gasteiger partial charge in [0.25, 0.3) is 0 Å². The lowest BCUT2D eigenvalue weighted by Gasteiger charge is -2.06. The molecule has 1 heterocycles. The van der Waals surface area contributed by atoms with Gasteiger partial charge in [-0.3, -0.25) is 0 Å². The molecule has 0 aliphatic heterocycles. The summed E-state index contributed by atoms with van der Waals surface area (Å²) in [6.07, 6.45) is 2.27. The van der Waals surface area contributed by atoms with Gasteiger partial charge in [-0.1, -0.05) is 13.8 Å². The first-order chi connectivity index (χ1) is 6.22. The van der Waals surface area contributed by atoms with Crippen LogP contribution in [-0.4, -0.2) is 7.05 Å². The van der Waals surface area contributed by atoms with Crippen LogP contribution in [0.1, 0.15) is 49.3 Å². The molecule has 0 amide bonds. The number of rotatable bonds is 2. The molecule has 72 valence electrons. The van der Waals surface area contributed by atoms with Crippen molar-refractivity contribution in [1.29, 1.82) is 0 Å². The zero-order valence-corrected chi connectivity index (χ0v) is 8.55. The Hall–Kier alpha value is -0.760. The van der Waals surface area contributed by atoms with Crippen LogP contribution in [-0.2, 0) is 6.42 Å². The Morgan fingerprint density at radius 3 is 2.92 bits per heavy atom. The molecule has 2 nitrogen and oxygen atoms in total. The summed E-state index contributed by atoms with van der Waals surface area (Å²) >= 11 is 0. The van der Waals surface area contributed by atoms with Gasteiger partial charge in [-0.05, 0) is 19.5 Å². The second kappa shape index (κ2) is 3.18. The third-order valence-corrected chi connectivity index (χ3v) is 2.81. The van der Waals surface area contributed by atoms with Gasteiger partial charge in [0.2, 0.25) is 0 Å². The van der Waals surface area contributed by atoms with E-state index in [4.69, 9.17) is 4.42 Å². The van der Waals surface area contributed by atoms with Crippen LogP contribution >= 0.6 is 0 Å². The summed E-state index contributed by atoms with van der Waals surface area (Å²) in [6.45, 7) is 4.34. The predicted octanol–water partition coefficient (Wildman–Crippen LogP) is 2.61. The lowest BCUT2D eigenvalue weighted by Crippen LogP contribution is -2.12. The van der Waals surface area contributed by atoms with Crippen LogP contribution in [0.15, 0.2) is 10.5 Å². The molecular formula is C11H17NO. The van der Waals surface area contributed by atoms with Crippen LogP contribution in [0.4, 0.5) is 0 Å². The van der Waals surface area contributed by atoms with Crippen molar-refractivity contribution >= 4 is 0 Å². The van der Waals surface area contributed by atoms with E-state index < -0.39 is 0 Å². The SMILES string of the molecule is CNC1CCc2oc(C(C)C)cc21. The molecule has 13 heavy (non-hydrogen) atoms. The monoisotopic (exact) mass is 179 g/mol. The molecule has 1 aromatic heterocycles. The van der Waals surface area contributed by atoms with E-state index >= 15 is 0 Å². The van der Waals surface area contributed by atoms with Crippen LogP contribution in [0, 0.1) is 0 Å². The van der Waals surface area contributed by atoms with Crippen molar-refractivity contribution in [1.82, 2.24) is 5.32 Å². The first kappa shape index (κ1) is 8.82. The van der Waals surface area contributed by atoms with Gasteiger partial charge in [0, 0.05) is 23.9 Å². The molecule has 1 aliphatic rings. The second-order valence-electron chi connectivity index (χ2n) is 4.06. The molecule has 0 saturated carbocycles. The van der Waals surface area contributed by atoms with Crippen molar-refractivity contribution in [2.24, 2.45) is 0 Å². The number of aryl methyl sites for hydroxylation is 1. The molecule has 2 rings (SSSR count). The molecule has 0 radical (unpaired) electrons. The average molecular weight is 179 g/mol. The fraction of sp³-hybridized carbons (Fsp3) is 0.636. The van der Waals surface area contributed by atoms with Crippen LogP contribution in [0.5, 0.6) is 0 Å². The minimum atomic E-state index is 0.503. The largest absolute Gasteiger partial charge is 0.465 e. The highest BCUT2D eigenvalue weighted by Crippen LogP contribution is 2.35. The van der Waals surface area contributed by atoms with Gasteiger partial charge >= 0.3 is 0 Å². The molecule has 0 spiro atoms. The molecule has 0 fully saturated rings. The summed E-state index contributed by atoms with van der Waals surface area (Å²) in [4.78, 5) is 0. The quantitative estimate of drug-likeness (QED) is 0.755. The van der Waals surface area contributed by atoms with Crippen LogP contribution < -0.4 is 5.32 Å². The fourth-order valence-corrected chi connectivity index (χ4v) is 1.97. The Balaban J connectivity index is 2.31. The van der Waals surface area contributed by atoms with Gasteiger partial charge in [0.15, 0.2) is 0 Å². The molecule has 1 aromatic rings. The van der Waals surface area contributed by atoms with Crippen molar-refractivity contribution in [3.05, 3.63) is 23.2 Å². The van der Waals surface area contributed by atoms with E-state index in [-0.39, 0.29) is 0 Å². The molecule has 1 unspecified atom stereocenters. The zero-order chi connectivity index (χ0) is 9.42. The molecule has 0 bridgehead atoms. The van der Waals surface area contributed by atoms with Crippen LogP contribution in [0.25, 0.3) is 0 Å². The summed E-state index contributed by atoms with van der Waals surface area (Å²) < 4.78 is 5.78. The summed E-state index contributed by atoms with van der Waals surface area (Å²) in [6, 6.07) is 2.74. The third-order valence-electron chi connectivity index (χ3n) is 2.81. The molecule has 0 saturated heterocycles. The standard InChI is InChI=1S/C11H17NO/c1-7(2)11-6-8-9(12-3)4-5-10(8)13-11/h6-7,9,12H,4-5H2,1-3H3. The number of nitrogens with one attached hydrogen (secondary N) is 1. The lowest BCUT2D eigenvalue weighted by atomic mass is 10.1. The molecule has 0 aromatic carbocycles. The maximum atomic E-state index is 5.78. The molecule has 2 heteroatoms. The van der Waals surface area contributed by atoms with E-state index in [2.05, 4.69) is 25.2 Å². The highest BCUT2D eigenvalue weighted by atomic mass is 16.3. The van der Waals surface area contributed by atoms with Crippen molar-refractivity contribution in [3.8, 4) is 0 Å². The molecular weight excluding hydrogens is 162 g/mol. The number of hydrogen-bond acceptors (Lipinski definition) is 2. The van der Waals surface area contributed by atoms with E-state index in [1.807, 2.05) is 7.05 Å². The minimum Gasteiger partial charge on any atom is -0.465 e. The smallest absolute Gasteiger partial charge is 0.109 e. The summed E-state index contributed by atoms with van der Waals surface area (Å²) in [5.41, 5.74) is 1.38. The summed E-state index contributed by atoms with van der Waals surface area (Å²) in [5, 5.41) is 3.31. The summed E-state index contributed by atoms with van der Waals surface area (Å²) in [5.74, 6) is 2.83. The number of hydrogen-bond donors (Lipinski definition) is 1. The van der Waals surface area contributed by atoms with Crippen molar-refractivity contribution < 1.29 is 4.42 Å². The van der Waals surface area contributed by atoms with E-state index in [0.717, 1.165) is 12.2 Å². The van der Waals surface area contributed by atoms with Crippen molar-refractivity contribution in [2.45, 2.75) is 38.6 Å². The maximum absolute atomic E-state index is 5.78. The second-order valence-corrected chi connectivity index (χ2v) is 4.06. The minimum absolute atomic E-state index is 0.503. The van der Waals surface area contributed by atoms with Gasteiger partial charge < -0.3 is 9.73 Å². The number of furan rings is 1. The number of fused-ring (bicyclic) bond motifs is 1. The molecule has 1 atom stereocenters. The van der Waals surface area contributed by atoms with E-state index in [1.54, 1.807) is 0 Å². The lowest BCUT2D eigenvalue weighted by molar-refractivity contribution is 0.449. The Kier molecular flexibility index (Phi) is 2.16. The maximum Gasteiger partial charge on any atom is 0.109 e. The van der Waals surface area contributed by atoms with E-state index in [9.17, 15) is 0 Å². The topological polar surface area (TPSA) is 25.2 Å². The first-order valence-electron chi connectivity index (χ1n) is 5.02. The first-order valence-corrected chi connectivity index (χ1v) is 5.02. The third kappa shape index (κ3) is 1.39. The van der Waals surface area contributed by atoms with Gasteiger partial charge in [-0.15, -0.1) is 0 Å². The predicted molar refractivity (Wildman–Crippen MR) is 52.9 cm³/mol. The van der Waals surface area contributed by atoms with Crippen molar-refractivity contribution in [2.75, 3.05) is 7.05 Å². The van der Waals surface area contributed by atoms with Gasteiger partial charge in [0.05, 0.1) is 0 Å². The average Bonchev–Trinajstić information content (AvgIpc) is 2.60. The van der Waals surface area contributed by atoms with Crippen LogP contribution in [0.2, 0.25) is 0 Å². The zero-order valence-electron chi connectivity index (χ0n) is 8.55. The van der Waals surface area contributed by atoms with Gasteiger partial charge in [0.1, 0.15) is 11.5 Å². The Bertz CT molecular complexity index is 301. The van der Waals surface area contributed by atoms with Crippen molar-refractivity contribution in [3.63, 3.8) is 0 Å². The van der Waals surface area contributed by atoms with E-state index in [0.29, 0.717) is 12.0 Å². The molecule has 1 aliphatic carbocycles. The highest BCUT2D eigenvalue weighted by Gasteiger charge is 2.25. The Morgan fingerprint density at radius 1 is 1.54 bits per heavy atom. The summed E-state index contributed by atoms with van der Waals surface area (Å²) in [7, 11) is 2.02. The normalized spacial score (nSPS) is 21.1. The highest BCUT2D eigenvalue weighted by molar-refractivity contribution is 5.30. The van der Waals surface area contributed by atoms with Gasteiger partial charge in [-0.25, -0.2) is 0 Å². The fourth-order valence-electron chi connectivity index (χ4n) is 1.97. The van der Waals surface area contributed by atoms with Gasteiger partial charge in [-0.2, -0.15) is 0 Å². The molecule has 1 N–H and O–H groups in total. The Labute approximate surface area is 79.3 Å². The van der Waals surface area contributed by atoms with E-state index in [1.165, 1.54) is 17.7 Å². The van der Waals surface area contributed by atoms with Crippen LogP contribution in [0.3, 0.4) is 0 Å².